The van der Waals surface area contributed by atoms with Crippen LogP contribution in [0, 0.1) is 38.0 Å². The first-order valence-corrected chi connectivity index (χ1v) is 16.1. The van der Waals surface area contributed by atoms with Gasteiger partial charge in [-0.2, -0.15) is 5.26 Å². The van der Waals surface area contributed by atoms with E-state index in [2.05, 4.69) is 30.9 Å². The molecule has 2 fully saturated rings. The van der Waals surface area contributed by atoms with E-state index in [1.807, 2.05) is 41.0 Å². The number of hydrogen-bond donors (Lipinski definition) is 1. The number of hydrogen-bond acceptors (Lipinski definition) is 6. The summed E-state index contributed by atoms with van der Waals surface area (Å²) in [6.45, 7) is 10.1. The molecule has 9 heteroatoms. The van der Waals surface area contributed by atoms with E-state index in [0.29, 0.717) is 37.8 Å². The largest absolute Gasteiger partial charge is 0.370 e. The van der Waals surface area contributed by atoms with Crippen molar-refractivity contribution in [3.8, 4) is 6.07 Å². The number of nitriles is 1. The van der Waals surface area contributed by atoms with Crippen LogP contribution < -0.4 is 14.9 Å². The van der Waals surface area contributed by atoms with Crippen LogP contribution in [0.15, 0.2) is 59.5 Å². The highest BCUT2D eigenvalue weighted by Crippen LogP contribution is 2.32. The monoisotopic (exact) mass is 585 g/mol. The summed E-state index contributed by atoms with van der Waals surface area (Å²) in [4.78, 5) is 20.2. The van der Waals surface area contributed by atoms with E-state index >= 15 is 0 Å². The fourth-order valence-electron chi connectivity index (χ4n) is 6.65. The molecule has 3 aromatic carbocycles. The second-order valence-electron chi connectivity index (χ2n) is 11.5. The van der Waals surface area contributed by atoms with Gasteiger partial charge in [0, 0.05) is 44.8 Å². The van der Waals surface area contributed by atoms with Crippen molar-refractivity contribution in [1.82, 2.24) is 4.90 Å². The lowest BCUT2D eigenvalue weighted by molar-refractivity contribution is 0.0745. The highest BCUT2D eigenvalue weighted by Gasteiger charge is 2.29. The summed E-state index contributed by atoms with van der Waals surface area (Å²) in [7, 11) is -3.85. The molecule has 2 aliphatic rings. The predicted molar refractivity (Wildman–Crippen MR) is 166 cm³/mol. The second kappa shape index (κ2) is 12.2. The summed E-state index contributed by atoms with van der Waals surface area (Å²) in [5, 5.41) is 15.0. The number of nitrogens with two attached hydrogens (primary N) is 1. The number of rotatable bonds is 6. The van der Waals surface area contributed by atoms with Gasteiger partial charge in [-0.1, -0.05) is 30.3 Å². The first-order valence-electron chi connectivity index (χ1n) is 14.6. The van der Waals surface area contributed by atoms with Gasteiger partial charge in [0.05, 0.1) is 16.9 Å². The van der Waals surface area contributed by atoms with Gasteiger partial charge in [0.2, 0.25) is 10.0 Å². The van der Waals surface area contributed by atoms with Crippen molar-refractivity contribution < 1.29 is 13.2 Å². The molecule has 0 spiro atoms. The van der Waals surface area contributed by atoms with Gasteiger partial charge >= 0.3 is 0 Å². The molecule has 0 atom stereocenters. The number of aryl methyl sites for hydroxylation is 2. The number of sulfonamides is 1. The van der Waals surface area contributed by atoms with E-state index in [4.69, 9.17) is 5.14 Å². The number of piperidine rings is 1. The van der Waals surface area contributed by atoms with Gasteiger partial charge in [-0.3, -0.25) is 4.79 Å². The minimum absolute atomic E-state index is 0.0357. The number of anilines is 2. The van der Waals surface area contributed by atoms with Crippen molar-refractivity contribution in [3.63, 3.8) is 0 Å². The third-order valence-electron chi connectivity index (χ3n) is 8.90. The van der Waals surface area contributed by atoms with Gasteiger partial charge in [-0.15, -0.1) is 0 Å². The molecule has 220 valence electrons. The average molecular weight is 586 g/mol. The molecule has 0 aromatic heterocycles. The van der Waals surface area contributed by atoms with Crippen molar-refractivity contribution in [3.05, 3.63) is 88.0 Å². The maximum absolute atomic E-state index is 13.9. The van der Waals surface area contributed by atoms with Crippen LogP contribution in [-0.4, -0.2) is 58.5 Å². The Bertz CT molecular complexity index is 1630. The molecule has 0 radical (unpaired) electrons. The standard InChI is InChI=1S/C33H39N5O3S/c1-23-20-24(2)32(33(39)38-18-16-37(17-19-38)30-10-6-7-11-31(30)42(35,40)41)25(3)28(23)21-26-12-14-36(15-13-26)29-9-5-4-8-27(29)22-34/h4-11,20,26H,12-19,21H2,1-3H3,(H2,35,40,41). The maximum atomic E-state index is 13.9. The molecule has 8 nitrogen and oxygen atoms in total. The van der Waals surface area contributed by atoms with Crippen molar-refractivity contribution >= 4 is 27.3 Å². The fraction of sp³-hybridized carbons (Fsp3) is 0.394. The number of benzene rings is 3. The predicted octanol–water partition coefficient (Wildman–Crippen LogP) is 4.55. The lowest BCUT2D eigenvalue weighted by Crippen LogP contribution is -2.49. The summed E-state index contributed by atoms with van der Waals surface area (Å²) in [5.74, 6) is 0.551. The number of carbonyl (C=O) groups is 1. The molecular formula is C33H39N5O3S. The van der Waals surface area contributed by atoms with Crippen molar-refractivity contribution in [2.45, 2.75) is 44.9 Å². The highest BCUT2D eigenvalue weighted by atomic mass is 32.2. The van der Waals surface area contributed by atoms with E-state index < -0.39 is 10.0 Å². The zero-order chi connectivity index (χ0) is 30.0. The Kier molecular flexibility index (Phi) is 8.58. The maximum Gasteiger partial charge on any atom is 0.254 e. The van der Waals surface area contributed by atoms with E-state index in [1.165, 1.54) is 17.2 Å². The van der Waals surface area contributed by atoms with E-state index in [0.717, 1.165) is 60.3 Å². The van der Waals surface area contributed by atoms with Crippen LogP contribution in [0.2, 0.25) is 0 Å². The van der Waals surface area contributed by atoms with E-state index in [-0.39, 0.29) is 10.8 Å². The van der Waals surface area contributed by atoms with Gasteiger partial charge in [-0.25, -0.2) is 13.6 Å². The zero-order valence-corrected chi connectivity index (χ0v) is 25.5. The number of carbonyl (C=O) groups excluding carboxylic acids is 1. The molecule has 3 aromatic rings. The fourth-order valence-corrected chi connectivity index (χ4v) is 7.40. The second-order valence-corrected chi connectivity index (χ2v) is 13.1. The molecule has 0 unspecified atom stereocenters. The summed E-state index contributed by atoms with van der Waals surface area (Å²) < 4.78 is 24.2. The third kappa shape index (κ3) is 6.01. The normalized spacial score (nSPS) is 16.4. The molecule has 2 N–H and O–H groups in total. The molecule has 0 saturated carbocycles. The molecule has 0 bridgehead atoms. The highest BCUT2D eigenvalue weighted by molar-refractivity contribution is 7.89. The number of primary sulfonamides is 1. The Labute approximate surface area is 249 Å². The Balaban J connectivity index is 1.28. The van der Waals surface area contributed by atoms with Gasteiger partial charge in [0.1, 0.15) is 11.0 Å². The van der Waals surface area contributed by atoms with Crippen LogP contribution >= 0.6 is 0 Å². The Morgan fingerprint density at radius 1 is 0.881 bits per heavy atom. The van der Waals surface area contributed by atoms with E-state index in [1.54, 1.807) is 18.2 Å². The van der Waals surface area contributed by atoms with Crippen molar-refractivity contribution in [1.29, 1.82) is 5.26 Å². The van der Waals surface area contributed by atoms with E-state index in [9.17, 15) is 18.5 Å². The minimum atomic E-state index is -3.85. The van der Waals surface area contributed by atoms with Gasteiger partial charge < -0.3 is 14.7 Å². The lowest BCUT2D eigenvalue weighted by atomic mass is 9.83. The number of nitrogens with zero attached hydrogens (tertiary/aromatic N) is 4. The zero-order valence-electron chi connectivity index (χ0n) is 24.6. The summed E-state index contributed by atoms with van der Waals surface area (Å²) in [5.41, 5.74) is 7.65. The van der Waals surface area contributed by atoms with Crippen LogP contribution in [0.1, 0.15) is 51.0 Å². The molecule has 2 heterocycles. The number of piperazine rings is 1. The molecular weight excluding hydrogens is 546 g/mol. The summed E-state index contributed by atoms with van der Waals surface area (Å²) in [6, 6.07) is 19.0. The van der Waals surface area contributed by atoms with Crippen molar-refractivity contribution in [2.75, 3.05) is 49.1 Å². The Morgan fingerprint density at radius 2 is 1.48 bits per heavy atom. The smallest absolute Gasteiger partial charge is 0.254 e. The molecule has 42 heavy (non-hydrogen) atoms. The van der Waals surface area contributed by atoms with Crippen LogP contribution in [0.3, 0.4) is 0 Å². The molecule has 1 amide bonds. The SMILES string of the molecule is Cc1cc(C)c(C(=O)N2CCN(c3ccccc3S(N)(=O)=O)CC2)c(C)c1CC1CCN(c2ccccc2C#N)CC1. The minimum Gasteiger partial charge on any atom is -0.370 e. The molecule has 5 rings (SSSR count). The van der Waals surface area contributed by atoms with Crippen LogP contribution in [-0.2, 0) is 16.4 Å². The first-order chi connectivity index (χ1) is 20.1. The van der Waals surface area contributed by atoms with Gasteiger partial charge in [-0.05, 0) is 92.5 Å². The molecule has 2 saturated heterocycles. The van der Waals surface area contributed by atoms with Gasteiger partial charge in [0.15, 0.2) is 0 Å². The first kappa shape index (κ1) is 29.6. The topological polar surface area (TPSA) is 111 Å². The van der Waals surface area contributed by atoms with Crippen LogP contribution in [0.5, 0.6) is 0 Å². The van der Waals surface area contributed by atoms with Crippen LogP contribution in [0.4, 0.5) is 11.4 Å². The Hall–Kier alpha value is -3.87. The average Bonchev–Trinajstić information content (AvgIpc) is 2.99. The number of para-hydroxylation sites is 2. The summed E-state index contributed by atoms with van der Waals surface area (Å²) in [6.07, 6.45) is 3.01. The number of amides is 1. The van der Waals surface area contributed by atoms with Crippen molar-refractivity contribution in [2.24, 2.45) is 11.1 Å². The molecule has 0 aliphatic carbocycles. The van der Waals surface area contributed by atoms with Crippen LogP contribution in [0.25, 0.3) is 0 Å². The third-order valence-corrected chi connectivity index (χ3v) is 9.86. The Morgan fingerprint density at radius 3 is 2.12 bits per heavy atom. The lowest BCUT2D eigenvalue weighted by Gasteiger charge is -2.37. The van der Waals surface area contributed by atoms with Gasteiger partial charge in [0.25, 0.3) is 5.91 Å². The summed E-state index contributed by atoms with van der Waals surface area (Å²) >= 11 is 0. The molecule has 2 aliphatic heterocycles. The quantitative estimate of drug-likeness (QED) is 0.454.